The Morgan fingerprint density at radius 2 is 1.96 bits per heavy atom. The van der Waals surface area contributed by atoms with Crippen LogP contribution < -0.4 is 4.90 Å². The molecule has 1 aromatic heterocycles. The summed E-state index contributed by atoms with van der Waals surface area (Å²) in [7, 11) is -3.46. The van der Waals surface area contributed by atoms with Crippen molar-refractivity contribution < 1.29 is 17.6 Å². The molecule has 2 aromatic rings. The predicted molar refractivity (Wildman–Crippen MR) is 92.3 cm³/mol. The molecule has 0 atom stereocenters. The van der Waals surface area contributed by atoms with Gasteiger partial charge in [-0.15, -0.1) is 0 Å². The van der Waals surface area contributed by atoms with E-state index in [9.17, 15) is 13.2 Å². The molecule has 3 rings (SSSR count). The summed E-state index contributed by atoms with van der Waals surface area (Å²) >= 11 is 0. The quantitative estimate of drug-likeness (QED) is 0.853. The van der Waals surface area contributed by atoms with Crippen molar-refractivity contribution in [1.29, 1.82) is 0 Å². The van der Waals surface area contributed by atoms with Gasteiger partial charge in [-0.05, 0) is 48.1 Å². The minimum atomic E-state index is -3.46. The van der Waals surface area contributed by atoms with Crippen LogP contribution >= 0.6 is 0 Å². The number of carbonyl (C=O) groups excluding carboxylic acids is 1. The normalized spacial score (nSPS) is 14.8. The topological polar surface area (TPSA) is 67.6 Å². The number of carbonyl (C=O) groups is 1. The third-order valence-electron chi connectivity index (χ3n) is 4.29. The molecular formula is C18H21NO4S. The Bertz CT molecular complexity index is 880. The number of furan rings is 1. The van der Waals surface area contributed by atoms with Crippen molar-refractivity contribution in [2.24, 2.45) is 0 Å². The summed E-state index contributed by atoms with van der Waals surface area (Å²) in [6, 6.07) is 8.93. The van der Waals surface area contributed by atoms with Crippen molar-refractivity contribution in [3.8, 4) is 0 Å². The smallest absolute Gasteiger partial charge is 0.294 e. The van der Waals surface area contributed by atoms with Crippen LogP contribution in [0.1, 0.15) is 47.9 Å². The van der Waals surface area contributed by atoms with Crippen LogP contribution in [0.2, 0.25) is 0 Å². The number of hydrogen-bond donors (Lipinski definition) is 0. The SMILES string of the molecule is CC(C)c1ccc2c(c1)CCCN2C(=O)c1ccc(S(C)(=O)=O)o1. The van der Waals surface area contributed by atoms with Crippen molar-refractivity contribution in [1.82, 2.24) is 0 Å². The van der Waals surface area contributed by atoms with Gasteiger partial charge in [-0.1, -0.05) is 26.0 Å². The van der Waals surface area contributed by atoms with E-state index in [1.165, 1.54) is 17.7 Å². The molecule has 128 valence electrons. The lowest BCUT2D eigenvalue weighted by molar-refractivity contribution is 0.0953. The van der Waals surface area contributed by atoms with E-state index in [1.54, 1.807) is 4.90 Å². The molecule has 5 nitrogen and oxygen atoms in total. The second-order valence-electron chi connectivity index (χ2n) is 6.49. The average molecular weight is 347 g/mol. The largest absolute Gasteiger partial charge is 0.440 e. The molecule has 1 aliphatic rings. The zero-order valence-corrected chi connectivity index (χ0v) is 14.9. The molecule has 0 spiro atoms. The van der Waals surface area contributed by atoms with Crippen LogP contribution in [0.15, 0.2) is 39.8 Å². The lowest BCUT2D eigenvalue weighted by Gasteiger charge is -2.29. The van der Waals surface area contributed by atoms with E-state index in [0.29, 0.717) is 12.5 Å². The van der Waals surface area contributed by atoms with Crippen molar-refractivity contribution in [2.45, 2.75) is 37.7 Å². The van der Waals surface area contributed by atoms with Gasteiger partial charge in [0.05, 0.1) is 0 Å². The maximum atomic E-state index is 12.8. The fraction of sp³-hybridized carbons (Fsp3) is 0.389. The van der Waals surface area contributed by atoms with Crippen LogP contribution in [-0.4, -0.2) is 27.1 Å². The van der Waals surface area contributed by atoms with E-state index in [2.05, 4.69) is 19.9 Å². The van der Waals surface area contributed by atoms with Gasteiger partial charge >= 0.3 is 0 Å². The van der Waals surface area contributed by atoms with Crippen LogP contribution in [0.3, 0.4) is 0 Å². The van der Waals surface area contributed by atoms with Gasteiger partial charge in [-0.3, -0.25) is 4.79 Å². The highest BCUT2D eigenvalue weighted by Crippen LogP contribution is 2.31. The summed E-state index contributed by atoms with van der Waals surface area (Å²) in [4.78, 5) is 14.4. The van der Waals surface area contributed by atoms with E-state index in [1.807, 2.05) is 12.1 Å². The third kappa shape index (κ3) is 3.11. The number of amides is 1. The standard InChI is InChI=1S/C18H21NO4S/c1-12(2)13-6-7-15-14(11-13)5-4-10-19(15)18(20)16-8-9-17(23-16)24(3,21)22/h6-9,11-12H,4-5,10H2,1-3H3. The minimum Gasteiger partial charge on any atom is -0.440 e. The highest BCUT2D eigenvalue weighted by atomic mass is 32.2. The highest BCUT2D eigenvalue weighted by molar-refractivity contribution is 7.90. The Labute approximate surface area is 142 Å². The third-order valence-corrected chi connectivity index (χ3v) is 5.24. The van der Waals surface area contributed by atoms with Gasteiger partial charge in [0.1, 0.15) is 0 Å². The van der Waals surface area contributed by atoms with Gasteiger partial charge < -0.3 is 9.32 Å². The number of fused-ring (bicyclic) bond motifs is 1. The zero-order chi connectivity index (χ0) is 17.5. The minimum absolute atomic E-state index is 0.0520. The van der Waals surface area contributed by atoms with Gasteiger partial charge in [0.25, 0.3) is 5.91 Å². The molecule has 0 saturated heterocycles. The second kappa shape index (κ2) is 6.09. The summed E-state index contributed by atoms with van der Waals surface area (Å²) in [5, 5.41) is -0.182. The van der Waals surface area contributed by atoms with Crippen molar-refractivity contribution in [3.05, 3.63) is 47.2 Å². The zero-order valence-electron chi connectivity index (χ0n) is 14.1. The molecule has 1 amide bonds. The van der Waals surface area contributed by atoms with Crippen LogP contribution in [0.5, 0.6) is 0 Å². The summed E-state index contributed by atoms with van der Waals surface area (Å²) in [5.74, 6) is 0.183. The maximum absolute atomic E-state index is 12.8. The van der Waals surface area contributed by atoms with Gasteiger partial charge in [-0.2, -0.15) is 0 Å². The van der Waals surface area contributed by atoms with E-state index in [-0.39, 0.29) is 16.8 Å². The fourth-order valence-corrected chi connectivity index (χ4v) is 3.51. The van der Waals surface area contributed by atoms with Crippen molar-refractivity contribution >= 4 is 21.4 Å². The molecule has 0 saturated carbocycles. The molecular weight excluding hydrogens is 326 g/mol. The van der Waals surface area contributed by atoms with Crippen LogP contribution in [0.25, 0.3) is 0 Å². The number of sulfone groups is 1. The number of aryl methyl sites for hydroxylation is 1. The van der Waals surface area contributed by atoms with Crippen LogP contribution in [0.4, 0.5) is 5.69 Å². The molecule has 0 bridgehead atoms. The van der Waals surface area contributed by atoms with Gasteiger partial charge in [0, 0.05) is 18.5 Å². The van der Waals surface area contributed by atoms with Gasteiger partial charge in [0.15, 0.2) is 5.76 Å². The summed E-state index contributed by atoms with van der Waals surface area (Å²) in [6.07, 6.45) is 2.87. The Morgan fingerprint density at radius 3 is 2.58 bits per heavy atom. The molecule has 0 radical (unpaired) electrons. The van der Waals surface area contributed by atoms with E-state index in [0.717, 1.165) is 30.3 Å². The number of anilines is 1. The number of rotatable bonds is 3. The molecule has 6 heteroatoms. The molecule has 0 unspecified atom stereocenters. The first-order valence-electron chi connectivity index (χ1n) is 8.02. The molecule has 2 heterocycles. The average Bonchev–Trinajstić information content (AvgIpc) is 3.03. The van der Waals surface area contributed by atoms with E-state index >= 15 is 0 Å². The first kappa shape index (κ1) is 16.8. The molecule has 0 fully saturated rings. The summed E-state index contributed by atoms with van der Waals surface area (Å²) < 4.78 is 28.3. The summed E-state index contributed by atoms with van der Waals surface area (Å²) in [6.45, 7) is 4.88. The number of benzene rings is 1. The lowest BCUT2D eigenvalue weighted by atomic mass is 9.94. The van der Waals surface area contributed by atoms with Crippen LogP contribution in [-0.2, 0) is 16.3 Å². The predicted octanol–water partition coefficient (Wildman–Crippen LogP) is 3.40. The Hall–Kier alpha value is -2.08. The maximum Gasteiger partial charge on any atom is 0.294 e. The van der Waals surface area contributed by atoms with E-state index in [4.69, 9.17) is 4.42 Å². The van der Waals surface area contributed by atoms with Gasteiger partial charge in [0.2, 0.25) is 14.9 Å². The molecule has 1 aromatic carbocycles. The fourth-order valence-electron chi connectivity index (χ4n) is 2.95. The second-order valence-corrected chi connectivity index (χ2v) is 8.44. The highest BCUT2D eigenvalue weighted by Gasteiger charge is 2.27. The first-order chi connectivity index (χ1) is 11.3. The number of hydrogen-bond acceptors (Lipinski definition) is 4. The van der Waals surface area contributed by atoms with Crippen LogP contribution in [0, 0.1) is 0 Å². The van der Waals surface area contributed by atoms with Gasteiger partial charge in [-0.25, -0.2) is 8.42 Å². The van der Waals surface area contributed by atoms with Crippen molar-refractivity contribution in [3.63, 3.8) is 0 Å². The summed E-state index contributed by atoms with van der Waals surface area (Å²) in [5.41, 5.74) is 3.28. The number of nitrogens with zero attached hydrogens (tertiary/aromatic N) is 1. The Morgan fingerprint density at radius 1 is 1.21 bits per heavy atom. The lowest BCUT2D eigenvalue weighted by Crippen LogP contribution is -2.35. The van der Waals surface area contributed by atoms with E-state index < -0.39 is 9.84 Å². The Balaban J connectivity index is 1.94. The monoisotopic (exact) mass is 347 g/mol. The Kier molecular flexibility index (Phi) is 4.25. The van der Waals surface area contributed by atoms with Crippen molar-refractivity contribution in [2.75, 3.05) is 17.7 Å². The molecule has 24 heavy (non-hydrogen) atoms. The molecule has 0 N–H and O–H groups in total. The molecule has 0 aliphatic carbocycles. The first-order valence-corrected chi connectivity index (χ1v) is 9.91. The molecule has 1 aliphatic heterocycles.